The maximum Gasteiger partial charge on any atom is 0.213 e. The molecule has 0 unspecified atom stereocenters. The average molecular weight is 238 g/mol. The number of hydrogen-bond donors (Lipinski definition) is 1. The van der Waals surface area contributed by atoms with Crippen LogP contribution in [0.5, 0.6) is 5.88 Å². The van der Waals surface area contributed by atoms with E-state index in [1.807, 2.05) is 0 Å². The van der Waals surface area contributed by atoms with Crippen LogP contribution in [0.3, 0.4) is 0 Å². The van der Waals surface area contributed by atoms with E-state index in [-0.39, 0.29) is 6.04 Å². The van der Waals surface area contributed by atoms with Crippen molar-refractivity contribution in [2.45, 2.75) is 66.3 Å². The van der Waals surface area contributed by atoms with Gasteiger partial charge in [-0.25, -0.2) is 4.68 Å². The van der Waals surface area contributed by atoms with Gasteiger partial charge in [-0.1, -0.05) is 27.2 Å². The van der Waals surface area contributed by atoms with E-state index in [4.69, 9.17) is 0 Å². The van der Waals surface area contributed by atoms with Gasteiger partial charge in [-0.15, -0.1) is 0 Å². The summed E-state index contributed by atoms with van der Waals surface area (Å²) >= 11 is 0. The van der Waals surface area contributed by atoms with Crippen molar-refractivity contribution >= 4 is 0 Å². The summed E-state index contributed by atoms with van der Waals surface area (Å²) in [6.07, 6.45) is 4.15. The summed E-state index contributed by atoms with van der Waals surface area (Å²) in [4.78, 5) is 0. The second-order valence-corrected chi connectivity index (χ2v) is 5.49. The molecule has 0 bridgehead atoms. The Morgan fingerprint density at radius 3 is 2.35 bits per heavy atom. The van der Waals surface area contributed by atoms with Crippen molar-refractivity contribution in [1.29, 1.82) is 0 Å². The molecule has 17 heavy (non-hydrogen) atoms. The van der Waals surface area contributed by atoms with Crippen LogP contribution in [0.1, 0.15) is 64.8 Å². The summed E-state index contributed by atoms with van der Waals surface area (Å²) in [5, 5.41) is 14.8. The lowest BCUT2D eigenvalue weighted by molar-refractivity contribution is 0.372. The molecule has 3 nitrogen and oxygen atoms in total. The maximum atomic E-state index is 10.2. The zero-order valence-electron chi connectivity index (χ0n) is 11.8. The van der Waals surface area contributed by atoms with Crippen molar-refractivity contribution < 1.29 is 5.11 Å². The van der Waals surface area contributed by atoms with Gasteiger partial charge in [-0.2, -0.15) is 5.10 Å². The predicted molar refractivity (Wildman–Crippen MR) is 71.4 cm³/mol. The molecule has 0 saturated heterocycles. The van der Waals surface area contributed by atoms with Crippen LogP contribution in [0.2, 0.25) is 0 Å². The third-order valence-corrected chi connectivity index (χ3v) is 2.93. The normalized spacial score (nSPS) is 11.7. The first-order valence-corrected chi connectivity index (χ1v) is 6.76. The Labute approximate surface area is 105 Å². The SMILES string of the molecule is CCCCc1c(CC(C)C)nn(C(C)C)c1O. The van der Waals surface area contributed by atoms with Crippen LogP contribution in [0.15, 0.2) is 0 Å². The Balaban J connectivity index is 3.03. The molecule has 0 aliphatic rings. The number of unbranched alkanes of at least 4 members (excludes halogenated alkanes) is 1. The fraction of sp³-hybridized carbons (Fsp3) is 0.786. The third-order valence-electron chi connectivity index (χ3n) is 2.93. The summed E-state index contributed by atoms with van der Waals surface area (Å²) in [5.41, 5.74) is 2.15. The summed E-state index contributed by atoms with van der Waals surface area (Å²) in [5.74, 6) is 0.953. The van der Waals surface area contributed by atoms with Crippen molar-refractivity contribution in [2.75, 3.05) is 0 Å². The third kappa shape index (κ3) is 3.48. The summed E-state index contributed by atoms with van der Waals surface area (Å²) < 4.78 is 1.75. The van der Waals surface area contributed by atoms with Gasteiger partial charge >= 0.3 is 0 Å². The molecule has 98 valence electrons. The van der Waals surface area contributed by atoms with E-state index >= 15 is 0 Å². The molecule has 1 aromatic heterocycles. The van der Waals surface area contributed by atoms with Gasteiger partial charge in [0.15, 0.2) is 0 Å². The highest BCUT2D eigenvalue weighted by Gasteiger charge is 2.18. The van der Waals surface area contributed by atoms with E-state index in [1.165, 1.54) is 0 Å². The minimum absolute atomic E-state index is 0.219. The molecule has 0 aliphatic carbocycles. The lowest BCUT2D eigenvalue weighted by Gasteiger charge is -2.06. The molecular weight excluding hydrogens is 212 g/mol. The zero-order chi connectivity index (χ0) is 13.0. The molecule has 0 aromatic carbocycles. The molecule has 0 aliphatic heterocycles. The second-order valence-electron chi connectivity index (χ2n) is 5.49. The van der Waals surface area contributed by atoms with Crippen molar-refractivity contribution in [3.05, 3.63) is 11.3 Å². The predicted octanol–water partition coefficient (Wildman–Crippen LogP) is 3.71. The highest BCUT2D eigenvalue weighted by molar-refractivity contribution is 5.31. The van der Waals surface area contributed by atoms with E-state index < -0.39 is 0 Å². The molecule has 0 amide bonds. The van der Waals surface area contributed by atoms with E-state index in [0.717, 1.165) is 36.9 Å². The van der Waals surface area contributed by atoms with E-state index in [9.17, 15) is 5.11 Å². The lowest BCUT2D eigenvalue weighted by Crippen LogP contribution is -2.03. The highest BCUT2D eigenvalue weighted by Crippen LogP contribution is 2.27. The van der Waals surface area contributed by atoms with Gasteiger partial charge in [0, 0.05) is 5.56 Å². The van der Waals surface area contributed by atoms with Gasteiger partial charge in [0.2, 0.25) is 5.88 Å². The molecule has 1 aromatic rings. The Bertz CT molecular complexity index is 353. The number of rotatable bonds is 6. The maximum absolute atomic E-state index is 10.2. The Morgan fingerprint density at radius 2 is 1.88 bits per heavy atom. The first-order valence-electron chi connectivity index (χ1n) is 6.76. The van der Waals surface area contributed by atoms with Crippen LogP contribution < -0.4 is 0 Å². The van der Waals surface area contributed by atoms with E-state index in [1.54, 1.807) is 4.68 Å². The van der Waals surface area contributed by atoms with Gasteiger partial charge in [-0.3, -0.25) is 0 Å². The molecular formula is C14H26N2O. The topological polar surface area (TPSA) is 38.0 Å². The Morgan fingerprint density at radius 1 is 1.24 bits per heavy atom. The first kappa shape index (κ1) is 14.1. The number of hydrogen-bond acceptors (Lipinski definition) is 2. The largest absolute Gasteiger partial charge is 0.493 e. The minimum atomic E-state index is 0.219. The van der Waals surface area contributed by atoms with Gasteiger partial charge in [0.05, 0.1) is 11.7 Å². The second kappa shape index (κ2) is 6.08. The number of nitrogens with zero attached hydrogens (tertiary/aromatic N) is 2. The summed E-state index contributed by atoms with van der Waals surface area (Å²) in [6.45, 7) is 10.7. The highest BCUT2D eigenvalue weighted by atomic mass is 16.3. The number of aromatic nitrogens is 2. The monoisotopic (exact) mass is 238 g/mol. The zero-order valence-corrected chi connectivity index (χ0v) is 11.8. The first-order chi connectivity index (χ1) is 7.97. The van der Waals surface area contributed by atoms with Gasteiger partial charge < -0.3 is 5.11 Å². The van der Waals surface area contributed by atoms with Gasteiger partial charge in [-0.05, 0) is 39.0 Å². The minimum Gasteiger partial charge on any atom is -0.493 e. The van der Waals surface area contributed by atoms with Crippen LogP contribution in [0.25, 0.3) is 0 Å². The lowest BCUT2D eigenvalue weighted by atomic mass is 10.0. The molecule has 1 heterocycles. The van der Waals surface area contributed by atoms with Crippen LogP contribution in [0.4, 0.5) is 0 Å². The molecule has 0 atom stereocenters. The standard InChI is InChI=1S/C14H26N2O/c1-6-7-8-12-13(9-10(2)3)15-16(11(4)5)14(12)17/h10-11,17H,6-9H2,1-5H3. The molecule has 0 spiro atoms. The number of aromatic hydroxyl groups is 1. The molecule has 0 radical (unpaired) electrons. The smallest absolute Gasteiger partial charge is 0.213 e. The molecule has 1 rings (SSSR count). The molecule has 0 saturated carbocycles. The van der Waals surface area contributed by atoms with Crippen molar-refractivity contribution in [3.8, 4) is 5.88 Å². The molecule has 1 N–H and O–H groups in total. The fourth-order valence-electron chi connectivity index (χ4n) is 2.03. The Kier molecular flexibility index (Phi) is 5.03. The van der Waals surface area contributed by atoms with Crippen molar-refractivity contribution in [2.24, 2.45) is 5.92 Å². The molecule has 3 heteroatoms. The van der Waals surface area contributed by atoms with E-state index in [2.05, 4.69) is 39.7 Å². The van der Waals surface area contributed by atoms with Crippen molar-refractivity contribution in [1.82, 2.24) is 9.78 Å². The van der Waals surface area contributed by atoms with Crippen LogP contribution >= 0.6 is 0 Å². The summed E-state index contributed by atoms with van der Waals surface area (Å²) in [7, 11) is 0. The Hall–Kier alpha value is -0.990. The fourth-order valence-corrected chi connectivity index (χ4v) is 2.03. The van der Waals surface area contributed by atoms with E-state index in [0.29, 0.717) is 11.8 Å². The average Bonchev–Trinajstić information content (AvgIpc) is 2.52. The van der Waals surface area contributed by atoms with Crippen molar-refractivity contribution in [3.63, 3.8) is 0 Å². The quantitative estimate of drug-likeness (QED) is 0.820. The van der Waals surface area contributed by atoms with Crippen LogP contribution in [-0.2, 0) is 12.8 Å². The van der Waals surface area contributed by atoms with Crippen LogP contribution in [-0.4, -0.2) is 14.9 Å². The summed E-state index contributed by atoms with van der Waals surface area (Å²) in [6, 6.07) is 0.219. The van der Waals surface area contributed by atoms with Gasteiger partial charge in [0.25, 0.3) is 0 Å². The molecule has 0 fully saturated rings. The van der Waals surface area contributed by atoms with Gasteiger partial charge in [0.1, 0.15) is 0 Å². The van der Waals surface area contributed by atoms with Crippen LogP contribution in [0, 0.1) is 5.92 Å².